The van der Waals surface area contributed by atoms with Crippen molar-refractivity contribution in [3.05, 3.63) is 35.4 Å². The van der Waals surface area contributed by atoms with Gasteiger partial charge in [-0.2, -0.15) is 0 Å². The van der Waals surface area contributed by atoms with Crippen LogP contribution in [0.2, 0.25) is 0 Å². The molecular formula is C18H22Br2O2. The molecule has 2 aromatic carbocycles. The molecular weight excluding hydrogens is 408 g/mol. The van der Waals surface area contributed by atoms with E-state index in [4.69, 9.17) is 9.47 Å². The first kappa shape index (κ1) is 17.6. The highest BCUT2D eigenvalue weighted by molar-refractivity contribution is 9.09. The predicted molar refractivity (Wildman–Crippen MR) is 101 cm³/mol. The molecule has 0 aliphatic rings. The van der Waals surface area contributed by atoms with E-state index in [1.54, 1.807) is 0 Å². The molecule has 0 N–H and O–H groups in total. The molecule has 22 heavy (non-hydrogen) atoms. The van der Waals surface area contributed by atoms with E-state index >= 15 is 0 Å². The van der Waals surface area contributed by atoms with Crippen LogP contribution in [0.1, 0.15) is 24.0 Å². The second kappa shape index (κ2) is 8.78. The summed E-state index contributed by atoms with van der Waals surface area (Å²) in [6.07, 6.45) is 1.99. The minimum atomic E-state index is 0.720. The minimum Gasteiger partial charge on any atom is -0.493 e. The number of hydrogen-bond donors (Lipinski definition) is 0. The van der Waals surface area contributed by atoms with E-state index in [1.165, 1.54) is 5.56 Å². The highest BCUT2D eigenvalue weighted by atomic mass is 79.9. The Bertz CT molecular complexity index is 626. The fourth-order valence-electron chi connectivity index (χ4n) is 2.39. The normalized spacial score (nSPS) is 10.9. The zero-order chi connectivity index (χ0) is 15.9. The first-order valence-corrected chi connectivity index (χ1v) is 9.83. The number of rotatable bonds is 8. The van der Waals surface area contributed by atoms with Gasteiger partial charge in [-0.25, -0.2) is 0 Å². The molecule has 0 heterocycles. The van der Waals surface area contributed by atoms with Crippen molar-refractivity contribution in [3.63, 3.8) is 0 Å². The van der Waals surface area contributed by atoms with Gasteiger partial charge in [0.05, 0.1) is 13.2 Å². The van der Waals surface area contributed by atoms with Gasteiger partial charge in [0, 0.05) is 21.4 Å². The summed E-state index contributed by atoms with van der Waals surface area (Å²) in [5.41, 5.74) is 2.35. The number of benzene rings is 2. The van der Waals surface area contributed by atoms with Crippen molar-refractivity contribution in [1.29, 1.82) is 0 Å². The summed E-state index contributed by atoms with van der Waals surface area (Å²) in [4.78, 5) is 0. The van der Waals surface area contributed by atoms with Gasteiger partial charge in [0.1, 0.15) is 11.5 Å². The first-order chi connectivity index (χ1) is 10.7. The number of fused-ring (bicyclic) bond motifs is 1. The van der Waals surface area contributed by atoms with Gasteiger partial charge >= 0.3 is 0 Å². The molecule has 0 fully saturated rings. The third-order valence-electron chi connectivity index (χ3n) is 3.45. The van der Waals surface area contributed by atoms with Crippen molar-refractivity contribution in [1.82, 2.24) is 0 Å². The Hall–Kier alpha value is -0.740. The number of alkyl halides is 2. The maximum absolute atomic E-state index is 6.02. The molecule has 0 spiro atoms. The number of aryl methyl sites for hydroxylation is 2. The van der Waals surface area contributed by atoms with Gasteiger partial charge in [0.2, 0.25) is 0 Å². The molecule has 0 atom stereocenters. The standard InChI is InChI=1S/C18H22Br2O2/c1-13-5-6-15-16(11-13)17(21-9-3-7-19)12-14(2)18(15)22-10-4-8-20/h5-6,11-12H,3-4,7-10H2,1-2H3. The molecule has 0 aliphatic carbocycles. The monoisotopic (exact) mass is 428 g/mol. The van der Waals surface area contributed by atoms with E-state index in [9.17, 15) is 0 Å². The lowest BCUT2D eigenvalue weighted by Gasteiger charge is -2.16. The van der Waals surface area contributed by atoms with Crippen LogP contribution in [0.5, 0.6) is 11.5 Å². The van der Waals surface area contributed by atoms with Crippen molar-refractivity contribution < 1.29 is 9.47 Å². The summed E-state index contributed by atoms with van der Waals surface area (Å²) >= 11 is 6.89. The van der Waals surface area contributed by atoms with Gasteiger partial charge in [-0.05, 0) is 44.4 Å². The average molecular weight is 430 g/mol. The summed E-state index contributed by atoms with van der Waals surface area (Å²) in [6.45, 7) is 5.63. The van der Waals surface area contributed by atoms with Crippen molar-refractivity contribution in [3.8, 4) is 11.5 Å². The summed E-state index contributed by atoms with van der Waals surface area (Å²) in [5, 5.41) is 4.18. The van der Waals surface area contributed by atoms with Gasteiger partial charge in [0.25, 0.3) is 0 Å². The lowest BCUT2D eigenvalue weighted by Crippen LogP contribution is -2.03. The Kier molecular flexibility index (Phi) is 7.03. The molecule has 0 saturated carbocycles. The summed E-state index contributed by atoms with van der Waals surface area (Å²) in [5.74, 6) is 1.92. The largest absolute Gasteiger partial charge is 0.493 e. The number of halogens is 2. The maximum Gasteiger partial charge on any atom is 0.130 e. The third kappa shape index (κ3) is 4.39. The van der Waals surface area contributed by atoms with Crippen LogP contribution < -0.4 is 9.47 Å². The maximum atomic E-state index is 6.02. The van der Waals surface area contributed by atoms with E-state index in [0.717, 1.165) is 64.6 Å². The lowest BCUT2D eigenvalue weighted by molar-refractivity contribution is 0.314. The van der Waals surface area contributed by atoms with Crippen molar-refractivity contribution in [2.45, 2.75) is 26.7 Å². The Balaban J connectivity index is 2.40. The molecule has 0 aromatic heterocycles. The fourth-order valence-corrected chi connectivity index (χ4v) is 2.85. The van der Waals surface area contributed by atoms with E-state index in [-0.39, 0.29) is 0 Å². The fraction of sp³-hybridized carbons (Fsp3) is 0.444. The SMILES string of the molecule is Cc1ccc2c(OCCCBr)c(C)cc(OCCCBr)c2c1. The molecule has 4 heteroatoms. The summed E-state index contributed by atoms with van der Waals surface area (Å²) in [6, 6.07) is 8.54. The van der Waals surface area contributed by atoms with E-state index in [1.807, 2.05) is 0 Å². The summed E-state index contributed by atoms with van der Waals surface area (Å²) in [7, 11) is 0. The van der Waals surface area contributed by atoms with Crippen LogP contribution in [0, 0.1) is 13.8 Å². The zero-order valence-corrected chi connectivity index (χ0v) is 16.3. The van der Waals surface area contributed by atoms with Crippen LogP contribution in [0.4, 0.5) is 0 Å². The minimum absolute atomic E-state index is 0.720. The highest BCUT2D eigenvalue weighted by Crippen LogP contribution is 2.37. The van der Waals surface area contributed by atoms with E-state index < -0.39 is 0 Å². The average Bonchev–Trinajstić information content (AvgIpc) is 2.50. The molecule has 2 nitrogen and oxygen atoms in total. The Morgan fingerprint density at radius 3 is 2.23 bits per heavy atom. The van der Waals surface area contributed by atoms with Crippen LogP contribution in [0.3, 0.4) is 0 Å². The van der Waals surface area contributed by atoms with Gasteiger partial charge < -0.3 is 9.47 Å². The Labute approximate surface area is 149 Å². The molecule has 2 aromatic rings. The van der Waals surface area contributed by atoms with E-state index in [2.05, 4.69) is 70.0 Å². The molecule has 0 aliphatic heterocycles. The molecule has 0 amide bonds. The van der Waals surface area contributed by atoms with Crippen molar-refractivity contribution in [2.24, 2.45) is 0 Å². The zero-order valence-electron chi connectivity index (χ0n) is 13.1. The molecule has 2 rings (SSSR count). The third-order valence-corrected chi connectivity index (χ3v) is 4.57. The topological polar surface area (TPSA) is 18.5 Å². The second-order valence-corrected chi connectivity index (χ2v) is 6.94. The quantitative estimate of drug-likeness (QED) is 0.390. The first-order valence-electron chi connectivity index (χ1n) is 7.59. The summed E-state index contributed by atoms with van der Waals surface area (Å²) < 4.78 is 12.0. The van der Waals surface area contributed by atoms with Crippen molar-refractivity contribution >= 4 is 42.6 Å². The van der Waals surface area contributed by atoms with Crippen LogP contribution in [0.15, 0.2) is 24.3 Å². The van der Waals surface area contributed by atoms with Crippen LogP contribution in [-0.4, -0.2) is 23.9 Å². The van der Waals surface area contributed by atoms with Crippen LogP contribution in [-0.2, 0) is 0 Å². The highest BCUT2D eigenvalue weighted by Gasteiger charge is 2.12. The Morgan fingerprint density at radius 1 is 0.864 bits per heavy atom. The Morgan fingerprint density at radius 2 is 1.55 bits per heavy atom. The van der Waals surface area contributed by atoms with Gasteiger partial charge in [0.15, 0.2) is 0 Å². The lowest BCUT2D eigenvalue weighted by atomic mass is 10.0. The van der Waals surface area contributed by atoms with E-state index in [0.29, 0.717) is 0 Å². The van der Waals surface area contributed by atoms with Gasteiger partial charge in [-0.15, -0.1) is 0 Å². The molecule has 0 radical (unpaired) electrons. The van der Waals surface area contributed by atoms with Gasteiger partial charge in [-0.3, -0.25) is 0 Å². The molecule has 120 valence electrons. The van der Waals surface area contributed by atoms with Crippen LogP contribution in [0.25, 0.3) is 10.8 Å². The van der Waals surface area contributed by atoms with Crippen LogP contribution >= 0.6 is 31.9 Å². The molecule has 0 bridgehead atoms. The van der Waals surface area contributed by atoms with Gasteiger partial charge in [-0.1, -0.05) is 49.6 Å². The van der Waals surface area contributed by atoms with Crippen molar-refractivity contribution in [2.75, 3.05) is 23.9 Å². The number of hydrogen-bond acceptors (Lipinski definition) is 2. The second-order valence-electron chi connectivity index (χ2n) is 5.35. The predicted octanol–water partition coefficient (Wildman–Crippen LogP) is 5.78. The molecule has 0 unspecified atom stereocenters. The number of ether oxygens (including phenoxy) is 2. The molecule has 0 saturated heterocycles. The smallest absolute Gasteiger partial charge is 0.130 e.